The van der Waals surface area contributed by atoms with Crippen molar-refractivity contribution in [1.82, 2.24) is 9.78 Å². The second kappa shape index (κ2) is 8.27. The molecule has 0 saturated heterocycles. The van der Waals surface area contributed by atoms with Crippen LogP contribution in [0, 0.1) is 17.0 Å². The van der Waals surface area contributed by atoms with Crippen LogP contribution in [-0.4, -0.2) is 39.7 Å². The van der Waals surface area contributed by atoms with Gasteiger partial charge in [0.25, 0.3) is 11.6 Å². The minimum Gasteiger partial charge on any atom is -0.482 e. The van der Waals surface area contributed by atoms with E-state index in [0.29, 0.717) is 28.6 Å². The molecule has 0 fully saturated rings. The summed E-state index contributed by atoms with van der Waals surface area (Å²) in [5.74, 6) is 0.539. The first kappa shape index (κ1) is 20.1. The summed E-state index contributed by atoms with van der Waals surface area (Å²) in [6.45, 7) is 1.92. The average Bonchev–Trinajstić information content (AvgIpc) is 3.13. The minimum atomic E-state index is -0.480. The van der Waals surface area contributed by atoms with Crippen LogP contribution in [0.25, 0.3) is 5.69 Å². The van der Waals surface area contributed by atoms with Crippen molar-refractivity contribution in [2.45, 2.75) is 13.3 Å². The lowest BCUT2D eigenvalue weighted by Crippen LogP contribution is -2.40. The maximum Gasteiger partial charge on any atom is 0.269 e. The van der Waals surface area contributed by atoms with Gasteiger partial charge in [0.05, 0.1) is 22.0 Å². The largest absolute Gasteiger partial charge is 0.482 e. The number of amides is 2. The summed E-state index contributed by atoms with van der Waals surface area (Å²) in [6.07, 6.45) is 0.0740. The Hall–Kier alpha value is -4.21. The summed E-state index contributed by atoms with van der Waals surface area (Å²) in [6, 6.07) is 14.7. The minimum absolute atomic E-state index is 0.0336. The van der Waals surface area contributed by atoms with Crippen molar-refractivity contribution in [3.05, 3.63) is 70.4 Å². The highest BCUT2D eigenvalue weighted by Crippen LogP contribution is 2.31. The molecule has 4 rings (SSSR count). The van der Waals surface area contributed by atoms with Gasteiger partial charge in [0.1, 0.15) is 11.6 Å². The third kappa shape index (κ3) is 4.22. The van der Waals surface area contributed by atoms with Crippen LogP contribution in [-0.2, 0) is 9.59 Å². The molecule has 2 heterocycles. The molecule has 2 aromatic carbocycles. The van der Waals surface area contributed by atoms with Gasteiger partial charge in [0.15, 0.2) is 6.61 Å². The smallest absolute Gasteiger partial charge is 0.269 e. The topological polar surface area (TPSA) is 120 Å². The normalized spacial score (nSPS) is 12.8. The number of nitro groups is 1. The highest BCUT2D eigenvalue weighted by molar-refractivity contribution is 5.99. The van der Waals surface area contributed by atoms with Gasteiger partial charge in [-0.05, 0) is 31.2 Å². The van der Waals surface area contributed by atoms with Crippen molar-refractivity contribution in [1.29, 1.82) is 0 Å². The zero-order chi connectivity index (χ0) is 22.0. The molecule has 1 aromatic heterocycles. The van der Waals surface area contributed by atoms with Crippen LogP contribution in [0.4, 0.5) is 17.2 Å². The maximum absolute atomic E-state index is 12.6. The molecule has 10 nitrogen and oxygen atoms in total. The standard InChI is InChI=1S/C21H19N5O5/c1-14-12-19(25(23-14)15-6-8-16(9-7-15)26(29)30)22-20(27)10-11-24-17-4-2-3-5-18(17)31-13-21(24)28/h2-9,12H,10-11,13H2,1H3,(H,22,27). The second-order valence-electron chi connectivity index (χ2n) is 6.96. The van der Waals surface area contributed by atoms with Crippen LogP contribution in [0.5, 0.6) is 5.75 Å². The first-order valence-corrected chi connectivity index (χ1v) is 9.56. The summed E-state index contributed by atoms with van der Waals surface area (Å²) in [4.78, 5) is 36.8. The molecule has 0 aliphatic carbocycles. The monoisotopic (exact) mass is 421 g/mol. The van der Waals surface area contributed by atoms with E-state index in [2.05, 4.69) is 10.4 Å². The van der Waals surface area contributed by atoms with Crippen LogP contribution in [0.15, 0.2) is 54.6 Å². The van der Waals surface area contributed by atoms with Crippen LogP contribution >= 0.6 is 0 Å². The third-order valence-corrected chi connectivity index (χ3v) is 4.77. The van der Waals surface area contributed by atoms with E-state index in [0.717, 1.165) is 0 Å². The molecule has 0 atom stereocenters. The van der Waals surface area contributed by atoms with E-state index in [1.165, 1.54) is 21.7 Å². The van der Waals surface area contributed by atoms with Crippen molar-refractivity contribution in [2.75, 3.05) is 23.4 Å². The third-order valence-electron chi connectivity index (χ3n) is 4.77. The SMILES string of the molecule is Cc1cc(NC(=O)CCN2C(=O)COc3ccccc32)n(-c2ccc([N+](=O)[O-])cc2)n1. The number of carbonyl (C=O) groups is 2. The molecule has 1 N–H and O–H groups in total. The second-order valence-corrected chi connectivity index (χ2v) is 6.96. The first-order valence-electron chi connectivity index (χ1n) is 9.56. The molecule has 0 bridgehead atoms. The van der Waals surface area contributed by atoms with E-state index in [1.807, 2.05) is 6.07 Å². The fourth-order valence-electron chi connectivity index (χ4n) is 3.32. The Balaban J connectivity index is 1.46. The first-order chi connectivity index (χ1) is 14.9. The highest BCUT2D eigenvalue weighted by Gasteiger charge is 2.25. The summed E-state index contributed by atoms with van der Waals surface area (Å²) >= 11 is 0. The maximum atomic E-state index is 12.6. The molecule has 3 aromatic rings. The lowest BCUT2D eigenvalue weighted by molar-refractivity contribution is -0.384. The van der Waals surface area contributed by atoms with Crippen molar-refractivity contribution in [3.8, 4) is 11.4 Å². The van der Waals surface area contributed by atoms with Gasteiger partial charge in [0, 0.05) is 31.2 Å². The Morgan fingerprint density at radius 1 is 1.23 bits per heavy atom. The lowest BCUT2D eigenvalue weighted by atomic mass is 10.2. The Labute approximate surface area is 177 Å². The molecule has 0 saturated carbocycles. The Morgan fingerprint density at radius 3 is 2.71 bits per heavy atom. The number of nitrogens with one attached hydrogen (secondary N) is 1. The lowest BCUT2D eigenvalue weighted by Gasteiger charge is -2.29. The zero-order valence-corrected chi connectivity index (χ0v) is 16.6. The number of anilines is 2. The summed E-state index contributed by atoms with van der Waals surface area (Å²) in [5, 5.41) is 18.0. The van der Waals surface area contributed by atoms with E-state index >= 15 is 0 Å². The molecule has 10 heteroatoms. The fourth-order valence-corrected chi connectivity index (χ4v) is 3.32. The van der Waals surface area contributed by atoms with Crippen LogP contribution in [0.2, 0.25) is 0 Å². The van der Waals surface area contributed by atoms with Gasteiger partial charge in [-0.15, -0.1) is 0 Å². The number of nitrogens with zero attached hydrogens (tertiary/aromatic N) is 4. The Bertz CT molecular complexity index is 1160. The number of nitro benzene ring substituents is 1. The number of fused-ring (bicyclic) bond motifs is 1. The van der Waals surface area contributed by atoms with Crippen LogP contribution in [0.1, 0.15) is 12.1 Å². The van der Waals surface area contributed by atoms with Crippen molar-refractivity contribution < 1.29 is 19.2 Å². The highest BCUT2D eigenvalue weighted by atomic mass is 16.6. The number of non-ortho nitro benzene ring substituents is 1. The van der Waals surface area contributed by atoms with E-state index in [-0.39, 0.29) is 37.1 Å². The number of benzene rings is 2. The number of ether oxygens (including phenoxy) is 1. The Kier molecular flexibility index (Phi) is 5.35. The molecule has 31 heavy (non-hydrogen) atoms. The van der Waals surface area contributed by atoms with Crippen molar-refractivity contribution in [2.24, 2.45) is 0 Å². The van der Waals surface area contributed by atoms with Gasteiger partial charge < -0.3 is 15.0 Å². The molecule has 2 amide bonds. The average molecular weight is 421 g/mol. The molecular weight excluding hydrogens is 402 g/mol. The van der Waals surface area contributed by atoms with Crippen LogP contribution < -0.4 is 15.0 Å². The number of para-hydroxylation sites is 2. The Morgan fingerprint density at radius 2 is 1.97 bits per heavy atom. The van der Waals surface area contributed by atoms with Gasteiger partial charge in [-0.25, -0.2) is 4.68 Å². The van der Waals surface area contributed by atoms with E-state index in [4.69, 9.17) is 4.74 Å². The van der Waals surface area contributed by atoms with Gasteiger partial charge in [0.2, 0.25) is 5.91 Å². The van der Waals surface area contributed by atoms with Gasteiger partial charge in [-0.1, -0.05) is 12.1 Å². The molecule has 0 spiro atoms. The number of hydrogen-bond acceptors (Lipinski definition) is 6. The summed E-state index contributed by atoms with van der Waals surface area (Å²) in [7, 11) is 0. The van der Waals surface area contributed by atoms with Gasteiger partial charge in [-0.3, -0.25) is 19.7 Å². The van der Waals surface area contributed by atoms with Crippen molar-refractivity contribution >= 4 is 29.0 Å². The number of rotatable bonds is 6. The van der Waals surface area contributed by atoms with E-state index in [9.17, 15) is 19.7 Å². The quantitative estimate of drug-likeness (QED) is 0.483. The molecule has 1 aliphatic rings. The van der Waals surface area contributed by atoms with Crippen molar-refractivity contribution in [3.63, 3.8) is 0 Å². The number of carbonyl (C=O) groups excluding carboxylic acids is 2. The molecule has 0 unspecified atom stereocenters. The van der Waals surface area contributed by atoms with Crippen LogP contribution in [0.3, 0.4) is 0 Å². The van der Waals surface area contributed by atoms with Gasteiger partial charge in [-0.2, -0.15) is 5.10 Å². The van der Waals surface area contributed by atoms with E-state index in [1.54, 1.807) is 43.3 Å². The van der Waals surface area contributed by atoms with E-state index < -0.39 is 4.92 Å². The predicted octanol–water partition coefficient (Wildman–Crippen LogP) is 2.84. The molecule has 0 radical (unpaired) electrons. The summed E-state index contributed by atoms with van der Waals surface area (Å²) < 4.78 is 6.92. The fraction of sp³-hybridized carbons (Fsp3) is 0.190. The zero-order valence-electron chi connectivity index (χ0n) is 16.6. The summed E-state index contributed by atoms with van der Waals surface area (Å²) in [5.41, 5.74) is 1.85. The molecule has 158 valence electrons. The predicted molar refractivity (Wildman–Crippen MR) is 112 cm³/mol. The number of aromatic nitrogens is 2. The number of aryl methyl sites for hydroxylation is 1. The molecular formula is C21H19N5O5. The number of hydrogen-bond donors (Lipinski definition) is 1. The molecule has 1 aliphatic heterocycles. The van der Waals surface area contributed by atoms with Gasteiger partial charge >= 0.3 is 0 Å².